The van der Waals surface area contributed by atoms with Crippen LogP contribution in [0.4, 0.5) is 0 Å². The van der Waals surface area contributed by atoms with Crippen molar-refractivity contribution in [1.29, 1.82) is 0 Å². The van der Waals surface area contributed by atoms with E-state index in [4.69, 9.17) is 4.42 Å². The molecule has 0 bridgehead atoms. The zero-order valence-corrected chi connectivity index (χ0v) is 20.4. The number of fused-ring (bicyclic) bond motifs is 1. The summed E-state index contributed by atoms with van der Waals surface area (Å²) in [6, 6.07) is 12.9. The number of piperidine rings is 1. The Hall–Kier alpha value is -3.12. The third-order valence-corrected chi connectivity index (χ3v) is 7.09. The predicted molar refractivity (Wildman–Crippen MR) is 135 cm³/mol. The number of carbonyl (C=O) groups is 1. The summed E-state index contributed by atoms with van der Waals surface area (Å²) in [6.07, 6.45) is 1.53. The van der Waals surface area contributed by atoms with Crippen LogP contribution in [0.2, 0.25) is 0 Å². The molecule has 0 saturated carbocycles. The maximum absolute atomic E-state index is 13.4. The second kappa shape index (κ2) is 10.0. The highest BCUT2D eigenvalue weighted by molar-refractivity contribution is 5.86. The molecule has 1 aromatic heterocycles. The van der Waals surface area contributed by atoms with E-state index in [1.807, 2.05) is 37.3 Å². The van der Waals surface area contributed by atoms with Gasteiger partial charge < -0.3 is 14.8 Å². The van der Waals surface area contributed by atoms with Gasteiger partial charge in [-0.3, -0.25) is 14.5 Å². The molecule has 4 rings (SSSR count). The summed E-state index contributed by atoms with van der Waals surface area (Å²) in [5, 5.41) is 14.2. The fraction of sp³-hybridized carbons (Fsp3) is 0.429. The number of hydrogen-bond donors (Lipinski definition) is 2. The lowest BCUT2D eigenvalue weighted by molar-refractivity contribution is -0.127. The Kier molecular flexibility index (Phi) is 7.08. The van der Waals surface area contributed by atoms with Crippen LogP contribution in [-0.4, -0.2) is 35.0 Å². The number of nitrogens with zero attached hydrogens (tertiary/aromatic N) is 1. The van der Waals surface area contributed by atoms with E-state index < -0.39 is 0 Å². The van der Waals surface area contributed by atoms with Gasteiger partial charge >= 0.3 is 0 Å². The second-order valence-corrected chi connectivity index (χ2v) is 9.76. The lowest BCUT2D eigenvalue weighted by Gasteiger charge is -2.32. The Morgan fingerprint density at radius 2 is 1.79 bits per heavy atom. The Labute approximate surface area is 200 Å². The first-order chi connectivity index (χ1) is 16.3. The minimum atomic E-state index is -0.0964. The summed E-state index contributed by atoms with van der Waals surface area (Å²) in [7, 11) is 0. The minimum Gasteiger partial charge on any atom is -0.507 e. The van der Waals surface area contributed by atoms with Crippen LogP contribution in [0.25, 0.3) is 22.1 Å². The zero-order valence-electron chi connectivity index (χ0n) is 20.4. The molecule has 3 aromatic rings. The number of rotatable bonds is 6. The number of benzene rings is 2. The number of aryl methyl sites for hydroxylation is 1. The zero-order chi connectivity index (χ0) is 24.4. The van der Waals surface area contributed by atoms with Gasteiger partial charge in [0.25, 0.3) is 0 Å². The molecular weight excluding hydrogens is 428 g/mol. The monoisotopic (exact) mass is 462 g/mol. The fourth-order valence-corrected chi connectivity index (χ4v) is 4.59. The Bertz CT molecular complexity index is 1220. The van der Waals surface area contributed by atoms with E-state index in [-0.39, 0.29) is 29.0 Å². The van der Waals surface area contributed by atoms with Crippen LogP contribution in [0, 0.1) is 18.8 Å². The van der Waals surface area contributed by atoms with E-state index in [1.54, 1.807) is 19.1 Å². The van der Waals surface area contributed by atoms with Gasteiger partial charge in [-0.2, -0.15) is 0 Å². The van der Waals surface area contributed by atoms with E-state index in [9.17, 15) is 14.7 Å². The van der Waals surface area contributed by atoms with Gasteiger partial charge in [-0.05, 0) is 63.4 Å². The van der Waals surface area contributed by atoms with Gasteiger partial charge in [0.05, 0.1) is 16.5 Å². The number of nitrogens with one attached hydrogen (secondary N) is 1. The molecule has 0 radical (unpaired) electrons. The molecule has 1 atom stereocenters. The number of carbonyl (C=O) groups excluding carboxylic acids is 1. The highest BCUT2D eigenvalue weighted by Crippen LogP contribution is 2.32. The molecule has 2 aromatic carbocycles. The smallest absolute Gasteiger partial charge is 0.223 e. The molecular formula is C28H34N2O4. The van der Waals surface area contributed by atoms with Crippen LogP contribution in [0.5, 0.6) is 5.75 Å². The van der Waals surface area contributed by atoms with Crippen molar-refractivity contribution in [2.45, 2.75) is 53.1 Å². The van der Waals surface area contributed by atoms with Crippen molar-refractivity contribution in [3.05, 3.63) is 64.0 Å². The maximum Gasteiger partial charge on any atom is 0.223 e. The van der Waals surface area contributed by atoms with Crippen molar-refractivity contribution in [3.63, 3.8) is 0 Å². The van der Waals surface area contributed by atoms with Crippen molar-refractivity contribution in [2.75, 3.05) is 13.1 Å². The third kappa shape index (κ3) is 4.87. The summed E-state index contributed by atoms with van der Waals surface area (Å²) >= 11 is 0. The van der Waals surface area contributed by atoms with Gasteiger partial charge in [-0.15, -0.1) is 0 Å². The summed E-state index contributed by atoms with van der Waals surface area (Å²) < 4.78 is 6.16. The van der Waals surface area contributed by atoms with E-state index >= 15 is 0 Å². The molecule has 34 heavy (non-hydrogen) atoms. The lowest BCUT2D eigenvalue weighted by Crippen LogP contribution is -2.44. The first-order valence-corrected chi connectivity index (χ1v) is 12.1. The van der Waals surface area contributed by atoms with E-state index in [2.05, 4.69) is 24.1 Å². The van der Waals surface area contributed by atoms with E-state index in [1.165, 1.54) is 0 Å². The Balaban J connectivity index is 1.55. The normalized spacial score (nSPS) is 16.1. The Morgan fingerprint density at radius 3 is 2.44 bits per heavy atom. The van der Waals surface area contributed by atoms with Crippen LogP contribution in [-0.2, 0) is 11.3 Å². The lowest BCUT2D eigenvalue weighted by atomic mass is 9.94. The average molecular weight is 463 g/mol. The van der Waals surface area contributed by atoms with Gasteiger partial charge in [-0.1, -0.05) is 44.2 Å². The quantitative estimate of drug-likeness (QED) is 0.547. The van der Waals surface area contributed by atoms with E-state index in [0.29, 0.717) is 40.3 Å². The average Bonchev–Trinajstić information content (AvgIpc) is 2.82. The van der Waals surface area contributed by atoms with Crippen LogP contribution in [0.1, 0.15) is 44.9 Å². The predicted octanol–water partition coefficient (Wildman–Crippen LogP) is 4.85. The standard InChI is InChI=1S/C28H34N2O4/c1-17(2)18(3)29-28(33)21-12-14-30(15-13-21)16-23-24(31)11-10-22-26(32)25(19(4)34-27(22)23)20-8-6-5-7-9-20/h5-11,17-18,21,31H,12-16H2,1-4H3,(H,29,33). The highest BCUT2D eigenvalue weighted by atomic mass is 16.3. The van der Waals surface area contributed by atoms with Crippen molar-refractivity contribution in [1.82, 2.24) is 10.2 Å². The first kappa shape index (κ1) is 24.0. The minimum absolute atomic E-state index is 0.00664. The molecule has 1 aliphatic heterocycles. The molecule has 2 N–H and O–H groups in total. The summed E-state index contributed by atoms with van der Waals surface area (Å²) in [5.41, 5.74) is 2.33. The van der Waals surface area contributed by atoms with E-state index in [0.717, 1.165) is 31.5 Å². The first-order valence-electron chi connectivity index (χ1n) is 12.1. The maximum atomic E-state index is 13.4. The molecule has 1 amide bonds. The third-order valence-electron chi connectivity index (χ3n) is 7.09. The van der Waals surface area contributed by atoms with Crippen molar-refractivity contribution in [2.24, 2.45) is 11.8 Å². The van der Waals surface area contributed by atoms with Gasteiger partial charge in [0, 0.05) is 18.5 Å². The molecule has 0 aliphatic carbocycles. The SMILES string of the molecule is Cc1oc2c(CN3CCC(C(=O)NC(C)C(C)C)CC3)c(O)ccc2c(=O)c1-c1ccccc1. The molecule has 2 heterocycles. The topological polar surface area (TPSA) is 82.8 Å². The number of phenolic OH excluding ortho intramolecular Hbond substituents is 1. The van der Waals surface area contributed by atoms with Gasteiger partial charge in [0.15, 0.2) is 0 Å². The van der Waals surface area contributed by atoms with Crippen LogP contribution in [0.3, 0.4) is 0 Å². The Morgan fingerprint density at radius 1 is 1.12 bits per heavy atom. The molecule has 1 fully saturated rings. The second-order valence-electron chi connectivity index (χ2n) is 9.76. The van der Waals surface area contributed by atoms with Crippen molar-refractivity contribution in [3.8, 4) is 16.9 Å². The largest absolute Gasteiger partial charge is 0.507 e. The highest BCUT2D eigenvalue weighted by Gasteiger charge is 2.27. The molecule has 180 valence electrons. The number of likely N-dealkylation sites (tertiary alicyclic amines) is 1. The molecule has 1 aliphatic rings. The van der Waals surface area contributed by atoms with Gasteiger partial charge in [0.1, 0.15) is 17.1 Å². The summed E-state index contributed by atoms with van der Waals surface area (Å²) in [4.78, 5) is 28.2. The number of aromatic hydroxyl groups is 1. The molecule has 1 unspecified atom stereocenters. The number of amides is 1. The number of phenols is 1. The van der Waals surface area contributed by atoms with Crippen LogP contribution >= 0.6 is 0 Å². The van der Waals surface area contributed by atoms with Crippen LogP contribution < -0.4 is 10.7 Å². The fourth-order valence-electron chi connectivity index (χ4n) is 4.59. The van der Waals surface area contributed by atoms with Crippen LogP contribution in [0.15, 0.2) is 51.7 Å². The molecule has 1 saturated heterocycles. The molecule has 6 heteroatoms. The van der Waals surface area contributed by atoms with Gasteiger partial charge in [-0.25, -0.2) is 0 Å². The molecule has 0 spiro atoms. The van der Waals surface area contributed by atoms with Gasteiger partial charge in [0.2, 0.25) is 11.3 Å². The molecule has 6 nitrogen and oxygen atoms in total. The summed E-state index contributed by atoms with van der Waals surface area (Å²) in [6.45, 7) is 10.00. The number of hydrogen-bond acceptors (Lipinski definition) is 5. The van der Waals surface area contributed by atoms with Crippen molar-refractivity contribution < 1.29 is 14.3 Å². The summed E-state index contributed by atoms with van der Waals surface area (Å²) in [5.74, 6) is 1.19. The van der Waals surface area contributed by atoms with Crippen molar-refractivity contribution >= 4 is 16.9 Å².